The van der Waals surface area contributed by atoms with Crippen molar-refractivity contribution in [1.29, 1.82) is 0 Å². The Morgan fingerprint density at radius 3 is 2.50 bits per heavy atom. The summed E-state index contributed by atoms with van der Waals surface area (Å²) in [5, 5.41) is 0.476. The molecule has 0 radical (unpaired) electrons. The van der Waals surface area contributed by atoms with Crippen molar-refractivity contribution in [3.63, 3.8) is 0 Å². The molecule has 32 heavy (non-hydrogen) atoms. The lowest BCUT2D eigenvalue weighted by atomic mass is 10.0. The molecule has 2 aromatic heterocycles. The second-order valence-electron chi connectivity index (χ2n) is 6.92. The van der Waals surface area contributed by atoms with Gasteiger partial charge in [0.1, 0.15) is 11.2 Å². The largest absolute Gasteiger partial charge is 0.465 e. The molecule has 7 nitrogen and oxygen atoms in total. The Morgan fingerprint density at radius 1 is 1.09 bits per heavy atom. The molecule has 0 saturated heterocycles. The number of benzene rings is 2. The third kappa shape index (κ3) is 4.21. The van der Waals surface area contributed by atoms with E-state index < -0.39 is 11.9 Å². The Balaban J connectivity index is 1.59. The smallest absolute Gasteiger partial charge is 0.337 e. The summed E-state index contributed by atoms with van der Waals surface area (Å²) in [4.78, 5) is 43.0. The van der Waals surface area contributed by atoms with Gasteiger partial charge in [0.05, 0.1) is 18.1 Å². The van der Waals surface area contributed by atoms with Crippen LogP contribution >= 0.6 is 11.3 Å². The first-order valence-electron chi connectivity index (χ1n) is 9.71. The molecule has 2 heterocycles. The number of nitrogens with zero attached hydrogens (tertiary/aromatic N) is 2. The van der Waals surface area contributed by atoms with Crippen LogP contribution in [-0.4, -0.2) is 28.6 Å². The first kappa shape index (κ1) is 21.2. The monoisotopic (exact) mass is 445 g/mol. The Hall–Kier alpha value is -4.04. The number of amides is 1. The average molecular weight is 446 g/mol. The average Bonchev–Trinajstić information content (AvgIpc) is 3.16. The number of carbonyl (C=O) groups is 2. The lowest BCUT2D eigenvalue weighted by Gasteiger charge is -2.06. The van der Waals surface area contributed by atoms with Crippen LogP contribution in [0.25, 0.3) is 27.4 Å². The minimum atomic E-state index is -0.487. The zero-order chi connectivity index (χ0) is 22.7. The highest BCUT2D eigenvalue weighted by Gasteiger charge is 2.17. The van der Waals surface area contributed by atoms with Crippen molar-refractivity contribution in [3.8, 4) is 11.1 Å². The van der Waals surface area contributed by atoms with Gasteiger partial charge in [-0.05, 0) is 36.3 Å². The molecule has 0 bridgehead atoms. The fraction of sp³-hybridized carbons (Fsp3) is 0.0833. The van der Waals surface area contributed by atoms with Gasteiger partial charge in [0, 0.05) is 16.5 Å². The molecular formula is C24H19N3O4S. The third-order valence-electron chi connectivity index (χ3n) is 4.84. The van der Waals surface area contributed by atoms with Gasteiger partial charge in [0.15, 0.2) is 0 Å². The van der Waals surface area contributed by atoms with Gasteiger partial charge in [-0.2, -0.15) is 0 Å². The minimum absolute atomic E-state index is 0.345. The molecule has 1 amide bonds. The van der Waals surface area contributed by atoms with Crippen molar-refractivity contribution in [2.45, 2.75) is 6.92 Å². The molecule has 2 aromatic carbocycles. The molecule has 0 aliphatic heterocycles. The summed E-state index contributed by atoms with van der Waals surface area (Å²) < 4.78 is 5.75. The van der Waals surface area contributed by atoms with Gasteiger partial charge in [-0.3, -0.25) is 15.0 Å². The Morgan fingerprint density at radius 2 is 1.81 bits per heavy atom. The van der Waals surface area contributed by atoms with E-state index in [1.807, 2.05) is 37.3 Å². The van der Waals surface area contributed by atoms with E-state index in [1.54, 1.807) is 30.3 Å². The van der Waals surface area contributed by atoms with Gasteiger partial charge in [-0.25, -0.2) is 14.5 Å². The van der Waals surface area contributed by atoms with Crippen LogP contribution in [0.15, 0.2) is 71.8 Å². The van der Waals surface area contributed by atoms with Crippen LogP contribution in [0.5, 0.6) is 0 Å². The summed E-state index contributed by atoms with van der Waals surface area (Å²) in [5.74, 6) is -0.919. The van der Waals surface area contributed by atoms with E-state index in [0.29, 0.717) is 21.3 Å². The Bertz CT molecular complexity index is 1390. The van der Waals surface area contributed by atoms with Gasteiger partial charge >= 0.3 is 5.97 Å². The number of aryl methyl sites for hydroxylation is 1. The van der Waals surface area contributed by atoms with E-state index in [-0.39, 0.29) is 5.56 Å². The second-order valence-corrected chi connectivity index (χ2v) is 8.13. The highest BCUT2D eigenvalue weighted by Crippen LogP contribution is 2.35. The van der Waals surface area contributed by atoms with E-state index >= 15 is 0 Å². The lowest BCUT2D eigenvalue weighted by Crippen LogP contribution is -2.32. The maximum Gasteiger partial charge on any atom is 0.337 e. The fourth-order valence-corrected chi connectivity index (χ4v) is 4.31. The van der Waals surface area contributed by atoms with Crippen LogP contribution in [-0.2, 0) is 9.53 Å². The maximum absolute atomic E-state index is 13.1. The van der Waals surface area contributed by atoms with Gasteiger partial charge < -0.3 is 4.74 Å². The SMILES string of the molecule is COC(=O)c1ccc(/C=C/C(=O)Nn2cnc3sc(C)c(-c4ccccc4)c3c2=O)cc1. The number of hydrogen-bond acceptors (Lipinski definition) is 6. The second kappa shape index (κ2) is 8.99. The summed E-state index contributed by atoms with van der Waals surface area (Å²) in [7, 11) is 1.31. The van der Waals surface area contributed by atoms with E-state index in [4.69, 9.17) is 0 Å². The topological polar surface area (TPSA) is 90.3 Å². The van der Waals surface area contributed by atoms with Gasteiger partial charge in [0.2, 0.25) is 0 Å². The highest BCUT2D eigenvalue weighted by molar-refractivity contribution is 7.19. The summed E-state index contributed by atoms with van der Waals surface area (Å²) in [6.45, 7) is 1.95. The molecule has 4 aromatic rings. The highest BCUT2D eigenvalue weighted by atomic mass is 32.1. The van der Waals surface area contributed by atoms with Gasteiger partial charge in [-0.15, -0.1) is 11.3 Å². The zero-order valence-corrected chi connectivity index (χ0v) is 18.2. The van der Waals surface area contributed by atoms with Crippen LogP contribution in [0, 0.1) is 6.92 Å². The number of ether oxygens (including phenoxy) is 1. The number of nitrogens with one attached hydrogen (secondary N) is 1. The first-order valence-corrected chi connectivity index (χ1v) is 10.5. The summed E-state index contributed by atoms with van der Waals surface area (Å²) in [5.41, 5.74) is 5.09. The molecule has 8 heteroatoms. The van der Waals surface area contributed by atoms with E-state index in [9.17, 15) is 14.4 Å². The quantitative estimate of drug-likeness (QED) is 0.370. The van der Waals surface area contributed by atoms with Crippen molar-refractivity contribution in [2.75, 3.05) is 12.5 Å². The molecule has 0 unspecified atom stereocenters. The summed E-state index contributed by atoms with van der Waals surface area (Å²) >= 11 is 1.44. The molecule has 0 aliphatic rings. The number of aromatic nitrogens is 2. The van der Waals surface area contributed by atoms with E-state index in [2.05, 4.69) is 15.1 Å². The predicted molar refractivity (Wildman–Crippen MR) is 125 cm³/mol. The number of rotatable bonds is 5. The van der Waals surface area contributed by atoms with Crippen LogP contribution in [0.4, 0.5) is 0 Å². The number of methoxy groups -OCH3 is 1. The normalized spacial score (nSPS) is 11.1. The number of esters is 1. The molecule has 160 valence electrons. The number of hydrogen-bond donors (Lipinski definition) is 1. The third-order valence-corrected chi connectivity index (χ3v) is 5.85. The lowest BCUT2D eigenvalue weighted by molar-refractivity contribution is -0.112. The molecule has 0 fully saturated rings. The van der Waals surface area contributed by atoms with Crippen molar-refractivity contribution in [2.24, 2.45) is 0 Å². The molecule has 0 aliphatic carbocycles. The Kier molecular flexibility index (Phi) is 5.96. The van der Waals surface area contributed by atoms with Crippen molar-refractivity contribution >= 4 is 39.5 Å². The fourth-order valence-electron chi connectivity index (χ4n) is 3.31. The zero-order valence-electron chi connectivity index (χ0n) is 17.4. The van der Waals surface area contributed by atoms with Crippen molar-refractivity contribution in [1.82, 2.24) is 9.66 Å². The van der Waals surface area contributed by atoms with Crippen LogP contribution in [0.1, 0.15) is 20.8 Å². The van der Waals surface area contributed by atoms with Crippen molar-refractivity contribution < 1.29 is 14.3 Å². The molecule has 0 spiro atoms. The van der Waals surface area contributed by atoms with Crippen LogP contribution in [0.2, 0.25) is 0 Å². The van der Waals surface area contributed by atoms with Crippen LogP contribution in [0.3, 0.4) is 0 Å². The van der Waals surface area contributed by atoms with Crippen molar-refractivity contribution in [3.05, 3.63) is 93.4 Å². The van der Waals surface area contributed by atoms with Gasteiger partial charge in [-0.1, -0.05) is 42.5 Å². The Labute approximate surface area is 187 Å². The molecular weight excluding hydrogens is 426 g/mol. The van der Waals surface area contributed by atoms with E-state index in [1.165, 1.54) is 30.8 Å². The predicted octanol–water partition coefficient (Wildman–Crippen LogP) is 4.00. The first-order chi connectivity index (χ1) is 15.5. The van der Waals surface area contributed by atoms with Crippen LogP contribution < -0.4 is 11.0 Å². The minimum Gasteiger partial charge on any atom is -0.465 e. The number of fused-ring (bicyclic) bond motifs is 1. The number of thiophene rings is 1. The molecule has 0 saturated carbocycles. The molecule has 0 atom stereocenters. The molecule has 4 rings (SSSR count). The maximum atomic E-state index is 13.1. The van der Waals surface area contributed by atoms with E-state index in [0.717, 1.165) is 20.7 Å². The number of carbonyl (C=O) groups excluding carboxylic acids is 2. The molecule has 1 N–H and O–H groups in total. The van der Waals surface area contributed by atoms with Gasteiger partial charge in [0.25, 0.3) is 11.5 Å². The summed E-state index contributed by atoms with van der Waals surface area (Å²) in [6, 6.07) is 16.2. The standard InChI is InChI=1S/C24H19N3O4S/c1-15-20(17-6-4-3-5-7-17)21-22(32-15)25-14-27(23(21)29)26-19(28)13-10-16-8-11-18(12-9-16)24(30)31-2/h3-14H,1-2H3,(H,26,28)/b13-10+. The summed E-state index contributed by atoms with van der Waals surface area (Å²) in [6.07, 6.45) is 4.20.